The maximum atomic E-state index is 14.1. The normalized spacial score (nSPS) is 19.1. The number of benzene rings is 3. The summed E-state index contributed by atoms with van der Waals surface area (Å²) in [4.78, 5) is 0. The van der Waals surface area contributed by atoms with E-state index in [0.29, 0.717) is 5.02 Å². The van der Waals surface area contributed by atoms with E-state index in [9.17, 15) is 4.57 Å². The van der Waals surface area contributed by atoms with Crippen molar-refractivity contribution in [2.75, 3.05) is 11.7 Å². The number of nitrogens with zero attached hydrogens (tertiary/aromatic N) is 1. The van der Waals surface area contributed by atoms with Crippen LogP contribution in [-0.2, 0) is 4.57 Å². The second-order valence-corrected chi connectivity index (χ2v) is 8.80. The summed E-state index contributed by atoms with van der Waals surface area (Å²) in [5.41, 5.74) is 2.97. The number of rotatable bonds is 1. The van der Waals surface area contributed by atoms with Gasteiger partial charge in [-0.25, -0.2) is 0 Å². The second-order valence-electron chi connectivity index (χ2n) is 5.61. The average Bonchev–Trinajstić information content (AvgIpc) is 2.60. The van der Waals surface area contributed by atoms with Crippen molar-refractivity contribution in [1.82, 2.24) is 0 Å². The van der Waals surface area contributed by atoms with Crippen molar-refractivity contribution in [3.05, 3.63) is 77.8 Å². The largest absolute Gasteiger partial charge is 0.318 e. The van der Waals surface area contributed by atoms with E-state index in [1.54, 1.807) is 0 Å². The van der Waals surface area contributed by atoms with Gasteiger partial charge in [0.2, 0.25) is 7.29 Å². The molecule has 0 amide bonds. The summed E-state index contributed by atoms with van der Waals surface area (Å²) in [6.07, 6.45) is 0. The molecule has 23 heavy (non-hydrogen) atoms. The fraction of sp³-hybridized carbons (Fsp3) is 0.0526. The predicted molar refractivity (Wildman–Crippen MR) is 98.6 cm³/mol. The van der Waals surface area contributed by atoms with Crippen molar-refractivity contribution in [2.45, 2.75) is 0 Å². The zero-order valence-corrected chi connectivity index (χ0v) is 14.3. The SMILES string of the molecule is CN1c2ccc(Cl)cc2-c2ccccc2[P@]1(=O)c1ccccc1. The van der Waals surface area contributed by atoms with Gasteiger partial charge in [-0.05, 0) is 42.0 Å². The summed E-state index contributed by atoms with van der Waals surface area (Å²) in [6.45, 7) is 0. The van der Waals surface area contributed by atoms with Crippen LogP contribution in [0, 0.1) is 0 Å². The van der Waals surface area contributed by atoms with Crippen LogP contribution >= 0.6 is 18.9 Å². The van der Waals surface area contributed by atoms with E-state index in [1.165, 1.54) is 0 Å². The Labute approximate surface area is 140 Å². The Morgan fingerprint density at radius 1 is 0.870 bits per heavy atom. The van der Waals surface area contributed by atoms with E-state index in [-0.39, 0.29) is 0 Å². The molecule has 114 valence electrons. The molecule has 1 atom stereocenters. The molecule has 2 nitrogen and oxygen atoms in total. The highest BCUT2D eigenvalue weighted by atomic mass is 35.5. The molecule has 1 aliphatic rings. The van der Waals surface area contributed by atoms with E-state index in [4.69, 9.17) is 11.6 Å². The van der Waals surface area contributed by atoms with E-state index < -0.39 is 7.29 Å². The molecule has 4 rings (SSSR count). The van der Waals surface area contributed by atoms with Crippen molar-refractivity contribution in [3.63, 3.8) is 0 Å². The van der Waals surface area contributed by atoms with E-state index in [1.807, 2.05) is 84.5 Å². The lowest BCUT2D eigenvalue weighted by molar-refractivity contribution is 0.586. The Kier molecular flexibility index (Phi) is 3.33. The summed E-state index contributed by atoms with van der Waals surface area (Å²) in [5.74, 6) is 0. The number of halogens is 1. The minimum Gasteiger partial charge on any atom is -0.318 e. The van der Waals surface area contributed by atoms with Crippen LogP contribution in [-0.4, -0.2) is 7.05 Å². The minimum absolute atomic E-state index is 0.684. The molecule has 0 saturated carbocycles. The minimum atomic E-state index is -2.90. The number of hydrogen-bond acceptors (Lipinski definition) is 1. The molecule has 1 heterocycles. The molecular formula is C19H15ClNOP. The summed E-state index contributed by atoms with van der Waals surface area (Å²) < 4.78 is 16.0. The first-order valence-electron chi connectivity index (χ1n) is 7.42. The third kappa shape index (κ3) is 2.06. The molecule has 0 radical (unpaired) electrons. The van der Waals surface area contributed by atoms with Crippen molar-refractivity contribution < 1.29 is 4.57 Å². The van der Waals surface area contributed by atoms with Gasteiger partial charge in [-0.2, -0.15) is 0 Å². The van der Waals surface area contributed by atoms with Gasteiger partial charge in [0, 0.05) is 28.2 Å². The smallest absolute Gasteiger partial charge is 0.230 e. The highest BCUT2D eigenvalue weighted by Crippen LogP contribution is 2.56. The van der Waals surface area contributed by atoms with Gasteiger partial charge in [-0.1, -0.05) is 48.0 Å². The molecular weight excluding hydrogens is 325 g/mol. The van der Waals surface area contributed by atoms with Gasteiger partial charge in [0.1, 0.15) is 0 Å². The van der Waals surface area contributed by atoms with Gasteiger partial charge >= 0.3 is 0 Å². The molecule has 0 bridgehead atoms. The molecule has 0 unspecified atom stereocenters. The lowest BCUT2D eigenvalue weighted by Gasteiger charge is -2.37. The Morgan fingerprint density at radius 2 is 1.57 bits per heavy atom. The van der Waals surface area contributed by atoms with Crippen LogP contribution in [0.15, 0.2) is 72.8 Å². The summed E-state index contributed by atoms with van der Waals surface area (Å²) in [7, 11) is -1.00. The topological polar surface area (TPSA) is 20.3 Å². The standard InChI is InChI=1S/C19H15ClNOP/c1-21-18-12-11-14(20)13-17(18)16-9-5-6-10-19(16)23(21,22)15-7-3-2-4-8-15/h2-13H,1H3/t23-/m1/s1. The molecule has 0 N–H and O–H groups in total. The van der Waals surface area contributed by atoms with Gasteiger partial charge in [-0.3, -0.25) is 4.57 Å². The Balaban J connectivity index is 2.08. The maximum absolute atomic E-state index is 14.1. The van der Waals surface area contributed by atoms with Crippen molar-refractivity contribution in [3.8, 4) is 11.1 Å². The molecule has 1 aliphatic heterocycles. The molecule has 0 spiro atoms. The fourth-order valence-electron chi connectivity index (χ4n) is 3.23. The lowest BCUT2D eigenvalue weighted by Crippen LogP contribution is -2.33. The molecule has 0 saturated heterocycles. The van der Waals surface area contributed by atoms with Crippen LogP contribution in [0.3, 0.4) is 0 Å². The lowest BCUT2D eigenvalue weighted by atomic mass is 10.0. The quantitative estimate of drug-likeness (QED) is 0.600. The first kappa shape index (κ1) is 14.6. The van der Waals surface area contributed by atoms with Crippen molar-refractivity contribution in [1.29, 1.82) is 0 Å². The van der Waals surface area contributed by atoms with Gasteiger partial charge < -0.3 is 4.67 Å². The molecule has 0 aromatic heterocycles. The third-order valence-electron chi connectivity index (χ3n) is 4.36. The predicted octanol–water partition coefficient (Wildman–Crippen LogP) is 4.69. The van der Waals surface area contributed by atoms with Crippen LogP contribution in [0.5, 0.6) is 0 Å². The zero-order valence-electron chi connectivity index (χ0n) is 12.6. The third-order valence-corrected chi connectivity index (χ3v) is 7.69. The first-order chi connectivity index (χ1) is 11.1. The Morgan fingerprint density at radius 3 is 2.35 bits per heavy atom. The highest BCUT2D eigenvalue weighted by Gasteiger charge is 2.39. The molecule has 3 aromatic carbocycles. The van der Waals surface area contributed by atoms with Crippen molar-refractivity contribution in [2.24, 2.45) is 0 Å². The maximum Gasteiger partial charge on any atom is 0.230 e. The summed E-state index contributed by atoms with van der Waals surface area (Å²) in [6, 6.07) is 23.3. The van der Waals surface area contributed by atoms with Gasteiger partial charge in [0.05, 0.1) is 5.69 Å². The monoisotopic (exact) mass is 339 g/mol. The van der Waals surface area contributed by atoms with E-state index >= 15 is 0 Å². The Hall–Kier alpha value is -2.02. The van der Waals surface area contributed by atoms with Gasteiger partial charge in [0.15, 0.2) is 0 Å². The fourth-order valence-corrected chi connectivity index (χ4v) is 6.21. The van der Waals surface area contributed by atoms with Gasteiger partial charge in [0.25, 0.3) is 0 Å². The molecule has 3 aromatic rings. The van der Waals surface area contributed by atoms with Crippen LogP contribution in [0.25, 0.3) is 11.1 Å². The second kappa shape index (κ2) is 5.26. The summed E-state index contributed by atoms with van der Waals surface area (Å²) >= 11 is 6.19. The highest BCUT2D eigenvalue weighted by molar-refractivity contribution is 7.80. The number of fused-ring (bicyclic) bond motifs is 3. The molecule has 4 heteroatoms. The zero-order chi connectivity index (χ0) is 16.0. The van der Waals surface area contributed by atoms with Crippen LogP contribution < -0.4 is 15.3 Å². The molecule has 0 aliphatic carbocycles. The summed E-state index contributed by atoms with van der Waals surface area (Å²) in [5, 5.41) is 2.39. The number of hydrogen-bond donors (Lipinski definition) is 0. The van der Waals surface area contributed by atoms with Crippen LogP contribution in [0.4, 0.5) is 5.69 Å². The Bertz CT molecular complexity index is 939. The van der Waals surface area contributed by atoms with E-state index in [0.717, 1.165) is 27.4 Å². The van der Waals surface area contributed by atoms with Crippen LogP contribution in [0.2, 0.25) is 5.02 Å². The first-order valence-corrected chi connectivity index (χ1v) is 9.45. The van der Waals surface area contributed by atoms with Crippen molar-refractivity contribution >= 4 is 35.2 Å². The van der Waals surface area contributed by atoms with Gasteiger partial charge in [-0.15, -0.1) is 0 Å². The number of anilines is 1. The average molecular weight is 340 g/mol. The van der Waals surface area contributed by atoms with Crippen LogP contribution in [0.1, 0.15) is 0 Å². The van der Waals surface area contributed by atoms with E-state index in [2.05, 4.69) is 0 Å². The molecule has 0 fully saturated rings.